The summed E-state index contributed by atoms with van der Waals surface area (Å²) in [6.45, 7) is 3.66. The molecule has 3 aliphatic rings. The van der Waals surface area contributed by atoms with E-state index < -0.39 is 34.9 Å². The zero-order chi connectivity index (χ0) is 34.7. The number of carbonyl (C=O) groups excluding carboxylic acids is 1. The number of aryl methyl sites for hydroxylation is 1. The Labute approximate surface area is 285 Å². The van der Waals surface area contributed by atoms with Crippen molar-refractivity contribution in [2.45, 2.75) is 18.1 Å². The van der Waals surface area contributed by atoms with Crippen LogP contribution in [0.4, 0.5) is 5.69 Å². The van der Waals surface area contributed by atoms with Crippen molar-refractivity contribution in [3.05, 3.63) is 101 Å². The van der Waals surface area contributed by atoms with E-state index in [-0.39, 0.29) is 72.7 Å². The Kier molecular flexibility index (Phi) is 12.9. The number of carboxylic acid groups (broad SMARTS) is 1. The number of aliphatic hydroxyl groups excluding tert-OH is 2. The number of hydrogen-bond acceptors (Lipinski definition) is 10. The monoisotopic (exact) mass is 679 g/mol. The van der Waals surface area contributed by atoms with Gasteiger partial charge in [0.2, 0.25) is 5.91 Å². The summed E-state index contributed by atoms with van der Waals surface area (Å²) in [6.07, 6.45) is 0. The topological polar surface area (TPSA) is 162 Å². The number of rotatable bonds is 21. The minimum absolute atomic E-state index is 0.0266. The highest BCUT2D eigenvalue weighted by Crippen LogP contribution is 2.65. The van der Waals surface area contributed by atoms with Gasteiger partial charge >= 0.3 is 5.97 Å². The predicted molar refractivity (Wildman–Crippen MR) is 178 cm³/mol. The van der Waals surface area contributed by atoms with Gasteiger partial charge in [-0.05, 0) is 41.3 Å². The number of carbonyl (C=O) groups is 2. The molecule has 2 bridgehead atoms. The number of ether oxygens (including phenoxy) is 6. The number of fused-ring (bicyclic) bond motifs is 1. The van der Waals surface area contributed by atoms with Crippen LogP contribution in [-0.2, 0) is 49.2 Å². The fourth-order valence-electron chi connectivity index (χ4n) is 6.99. The van der Waals surface area contributed by atoms with Gasteiger partial charge in [0.05, 0.1) is 85.2 Å². The molecule has 2 atom stereocenters. The first-order valence-corrected chi connectivity index (χ1v) is 16.5. The first-order valence-electron chi connectivity index (χ1n) is 16.5. The van der Waals surface area contributed by atoms with Gasteiger partial charge in [0.25, 0.3) is 0 Å². The summed E-state index contributed by atoms with van der Waals surface area (Å²) in [6, 6.07) is 22.0. The molecule has 0 radical (unpaired) electrons. The Balaban J connectivity index is 1.55. The molecule has 49 heavy (non-hydrogen) atoms. The van der Waals surface area contributed by atoms with Crippen molar-refractivity contribution in [1.29, 1.82) is 0 Å². The van der Waals surface area contributed by atoms with E-state index in [0.717, 1.165) is 5.56 Å². The second-order valence-electron chi connectivity index (χ2n) is 11.8. The van der Waals surface area contributed by atoms with Crippen molar-refractivity contribution in [3.63, 3.8) is 0 Å². The van der Waals surface area contributed by atoms with Crippen molar-refractivity contribution in [2.24, 2.45) is 11.8 Å². The largest absolute Gasteiger partial charge is 0.481 e. The highest BCUT2D eigenvalue weighted by atomic mass is 16.6. The van der Waals surface area contributed by atoms with Crippen molar-refractivity contribution in [2.75, 3.05) is 84.6 Å². The van der Waals surface area contributed by atoms with E-state index in [2.05, 4.69) is 5.32 Å². The van der Waals surface area contributed by atoms with Crippen molar-refractivity contribution in [1.82, 2.24) is 0 Å². The van der Waals surface area contributed by atoms with Gasteiger partial charge in [-0.1, -0.05) is 66.2 Å². The van der Waals surface area contributed by atoms with E-state index >= 15 is 0 Å². The molecule has 0 spiro atoms. The number of hydrogen-bond donors (Lipinski definition) is 4. The lowest BCUT2D eigenvalue weighted by molar-refractivity contribution is -0.200. The lowest BCUT2D eigenvalue weighted by atomic mass is 9.49. The van der Waals surface area contributed by atoms with Crippen LogP contribution in [0.3, 0.4) is 0 Å². The summed E-state index contributed by atoms with van der Waals surface area (Å²) in [4.78, 5) is 28.2. The average Bonchev–Trinajstić information content (AvgIpc) is 3.11. The van der Waals surface area contributed by atoms with Crippen molar-refractivity contribution < 1.29 is 53.3 Å². The van der Waals surface area contributed by atoms with Crippen LogP contribution in [0.2, 0.25) is 0 Å². The third kappa shape index (κ3) is 7.57. The molecule has 12 heteroatoms. The molecule has 4 N–H and O–H groups in total. The molecular formula is C37H45NO11. The maximum absolute atomic E-state index is 14.6. The van der Waals surface area contributed by atoms with Crippen LogP contribution in [0, 0.1) is 18.8 Å². The van der Waals surface area contributed by atoms with Crippen LogP contribution in [0.1, 0.15) is 27.8 Å². The van der Waals surface area contributed by atoms with Gasteiger partial charge in [0, 0.05) is 5.69 Å². The van der Waals surface area contributed by atoms with Gasteiger partial charge in [0.1, 0.15) is 17.1 Å². The fraction of sp³-hybridized carbons (Fsp3) is 0.459. The Bertz CT molecular complexity index is 1480. The van der Waals surface area contributed by atoms with Crippen molar-refractivity contribution >= 4 is 17.6 Å². The number of carboxylic acids is 1. The number of nitrogens with one attached hydrogen (secondary N) is 1. The molecule has 0 saturated heterocycles. The average molecular weight is 680 g/mol. The van der Waals surface area contributed by atoms with Crippen LogP contribution >= 0.6 is 0 Å². The van der Waals surface area contributed by atoms with Crippen LogP contribution in [0.25, 0.3) is 0 Å². The number of anilines is 1. The van der Waals surface area contributed by atoms with Crippen LogP contribution in [0.5, 0.6) is 0 Å². The maximum atomic E-state index is 14.6. The second kappa shape index (κ2) is 17.3. The number of benzene rings is 3. The molecule has 12 nitrogen and oxygen atoms in total. The van der Waals surface area contributed by atoms with E-state index in [1.807, 2.05) is 67.6 Å². The number of amides is 1. The minimum Gasteiger partial charge on any atom is -0.481 e. The fourth-order valence-corrected chi connectivity index (χ4v) is 6.99. The Morgan fingerprint density at radius 2 is 0.980 bits per heavy atom. The Hall–Kier alpha value is -3.72. The van der Waals surface area contributed by atoms with Gasteiger partial charge in [-0.2, -0.15) is 0 Å². The molecule has 0 aliphatic heterocycles. The standard InChI is InChI=1S/C37H45NO11/c1-26-10-12-27(13-11-26)38-34(41)32-33(35(42)43)37(49-25-23-47-21-19-45-17-15-40)30-8-4-2-6-28(30)36(32,29-7-3-5-9-31(29)37)48-24-22-46-20-18-44-16-14-39/h2-13,32-33,39-40H,14-25H2,1H3,(H,38,41)(H,42,43). The summed E-state index contributed by atoms with van der Waals surface area (Å²) < 4.78 is 35.5. The molecule has 0 saturated carbocycles. The second-order valence-corrected chi connectivity index (χ2v) is 11.8. The van der Waals surface area contributed by atoms with Gasteiger partial charge in [-0.15, -0.1) is 0 Å². The molecule has 1 amide bonds. The quantitative estimate of drug-likeness (QED) is 0.123. The lowest BCUT2D eigenvalue weighted by Crippen LogP contribution is -2.67. The summed E-state index contributed by atoms with van der Waals surface area (Å²) >= 11 is 0. The predicted octanol–water partition coefficient (Wildman–Crippen LogP) is 2.85. The van der Waals surface area contributed by atoms with Gasteiger partial charge < -0.3 is 49.1 Å². The van der Waals surface area contributed by atoms with E-state index in [0.29, 0.717) is 34.5 Å². The maximum Gasteiger partial charge on any atom is 0.311 e. The normalized spacial score (nSPS) is 22.0. The van der Waals surface area contributed by atoms with Gasteiger partial charge in [0.15, 0.2) is 0 Å². The van der Waals surface area contributed by atoms with Gasteiger partial charge in [-0.3, -0.25) is 9.59 Å². The SMILES string of the molecule is Cc1ccc(NC(=O)C2C(C(=O)O)C3(OCCOCCOCCO)c4ccccc4C2(OCCOCCOCCO)c2ccccc23)cc1. The van der Waals surface area contributed by atoms with E-state index in [4.69, 9.17) is 38.6 Å². The molecule has 3 aromatic carbocycles. The lowest BCUT2D eigenvalue weighted by Gasteiger charge is -2.60. The zero-order valence-corrected chi connectivity index (χ0v) is 27.7. The van der Waals surface area contributed by atoms with E-state index in [1.165, 1.54) is 0 Å². The first-order chi connectivity index (χ1) is 23.9. The summed E-state index contributed by atoms with van der Waals surface area (Å²) in [5, 5.41) is 32.0. The minimum atomic E-state index is -1.56. The van der Waals surface area contributed by atoms with Crippen LogP contribution in [0.15, 0.2) is 72.8 Å². The van der Waals surface area contributed by atoms with Crippen molar-refractivity contribution in [3.8, 4) is 0 Å². The molecule has 3 aromatic rings. The van der Waals surface area contributed by atoms with E-state index in [1.54, 1.807) is 12.1 Å². The third-order valence-corrected chi connectivity index (χ3v) is 8.86. The molecule has 6 rings (SSSR count). The molecular weight excluding hydrogens is 634 g/mol. The summed E-state index contributed by atoms with van der Waals surface area (Å²) in [5.74, 6) is -4.40. The molecule has 0 aromatic heterocycles. The molecule has 3 aliphatic carbocycles. The van der Waals surface area contributed by atoms with Crippen LogP contribution < -0.4 is 5.32 Å². The molecule has 264 valence electrons. The van der Waals surface area contributed by atoms with Crippen LogP contribution in [-0.4, -0.2) is 106 Å². The third-order valence-electron chi connectivity index (χ3n) is 8.86. The van der Waals surface area contributed by atoms with E-state index in [9.17, 15) is 14.7 Å². The molecule has 0 heterocycles. The summed E-state index contributed by atoms with van der Waals surface area (Å²) in [5.41, 5.74) is 0.951. The number of aliphatic carboxylic acids is 1. The Morgan fingerprint density at radius 1 is 0.592 bits per heavy atom. The Morgan fingerprint density at radius 3 is 1.39 bits per heavy atom. The van der Waals surface area contributed by atoms with Gasteiger partial charge in [-0.25, -0.2) is 0 Å². The smallest absolute Gasteiger partial charge is 0.311 e. The highest BCUT2D eigenvalue weighted by Gasteiger charge is 2.71. The molecule has 2 unspecified atom stereocenters. The number of aliphatic hydroxyl groups is 2. The highest BCUT2D eigenvalue weighted by molar-refractivity contribution is 5.99. The molecule has 0 fully saturated rings. The first kappa shape index (κ1) is 36.6. The summed E-state index contributed by atoms with van der Waals surface area (Å²) in [7, 11) is 0. The zero-order valence-electron chi connectivity index (χ0n) is 27.7.